The van der Waals surface area contributed by atoms with Gasteiger partial charge in [0.05, 0.1) is 23.9 Å². The average molecular weight is 905 g/mol. The molecule has 1 aliphatic rings. The van der Waals surface area contributed by atoms with Crippen LogP contribution in [0.5, 0.6) is 11.5 Å². The molecule has 1 fully saturated rings. The number of rotatable bonds is 14. The Hall–Kier alpha value is -6.64. The van der Waals surface area contributed by atoms with Crippen molar-refractivity contribution in [3.8, 4) is 22.6 Å². The number of carbonyl (C=O) groups is 3. The zero-order chi connectivity index (χ0) is 46.9. The maximum Gasteiger partial charge on any atom is 0.490 e. The highest BCUT2D eigenvalue weighted by Gasteiger charge is 2.39. The highest BCUT2D eigenvalue weighted by atomic mass is 19.4. The number of carboxylic acids is 2. The fourth-order valence-corrected chi connectivity index (χ4v) is 6.36. The summed E-state index contributed by atoms with van der Waals surface area (Å²) >= 11 is 0. The number of halogens is 6. The Labute approximate surface area is 362 Å². The summed E-state index contributed by atoms with van der Waals surface area (Å²) in [5.41, 5.74) is 4.56. The number of aliphatic carboxylic acids is 2. The van der Waals surface area contributed by atoms with Gasteiger partial charge in [0.1, 0.15) is 17.6 Å². The van der Waals surface area contributed by atoms with Gasteiger partial charge in [-0.3, -0.25) is 10.1 Å². The zero-order valence-corrected chi connectivity index (χ0v) is 34.0. The van der Waals surface area contributed by atoms with Gasteiger partial charge in [-0.1, -0.05) is 66.7 Å². The lowest BCUT2D eigenvalue weighted by Gasteiger charge is -2.31. The van der Waals surface area contributed by atoms with Crippen LogP contribution < -0.4 is 20.9 Å². The number of alkyl halides is 6. The number of benzene rings is 4. The zero-order valence-electron chi connectivity index (χ0n) is 34.0. The number of phenolic OH excluding ortho intramolecular Hbond substituents is 1. The number of aromatic nitrogens is 1. The molecule has 7 N–H and O–H groups in total. The summed E-state index contributed by atoms with van der Waals surface area (Å²) in [5, 5.41) is 41.9. The van der Waals surface area contributed by atoms with E-state index in [-0.39, 0.29) is 17.4 Å². The molecule has 1 saturated heterocycles. The average Bonchev–Trinajstić information content (AvgIpc) is 3.25. The van der Waals surface area contributed by atoms with Gasteiger partial charge in [-0.05, 0) is 79.3 Å². The molecule has 1 amide bonds. The highest BCUT2D eigenvalue weighted by Crippen LogP contribution is 2.30. The summed E-state index contributed by atoms with van der Waals surface area (Å²) in [6, 6.07) is 32.0. The third-order valence-electron chi connectivity index (χ3n) is 9.55. The second-order valence-electron chi connectivity index (χ2n) is 14.2. The minimum Gasteiger partial charge on any atom is -0.506 e. The number of carbonyl (C=O) groups excluding carboxylic acids is 1. The van der Waals surface area contributed by atoms with Crippen molar-refractivity contribution in [3.05, 3.63) is 125 Å². The number of aliphatic hydroxyl groups excluding tert-OH is 1. The molecular weight excluding hydrogens is 858 g/mol. The van der Waals surface area contributed by atoms with Gasteiger partial charge >= 0.3 is 30.4 Å². The number of hydrogen-bond donors (Lipinski definition) is 7. The molecule has 0 unspecified atom stereocenters. The van der Waals surface area contributed by atoms with Gasteiger partial charge < -0.3 is 45.1 Å². The van der Waals surface area contributed by atoms with Crippen LogP contribution in [0.3, 0.4) is 0 Å². The standard InChI is InChI=1S/C40H44N4O6.2C2HF3O2/c45-36-17-15-33(34-16-18-38(47)43-39(34)36)37(46)27-41-22-19-28-11-13-30(14-12-28)49-26-6-23-44-24-20-31(21-25-44)50-40(48)42-35-10-5-4-9-32(35)29-7-2-1-3-8-29;2*3-2(4,5)1(6)7/h1-5,7-18,31,37,41,45-46H,6,19-27H2,(H,42,48)(H,43,47);2*(H,6,7)/t37-;;/m0../s1. The second-order valence-corrected chi connectivity index (χ2v) is 14.2. The Morgan fingerprint density at radius 3 is 2.05 bits per heavy atom. The fourth-order valence-electron chi connectivity index (χ4n) is 6.36. The van der Waals surface area contributed by atoms with Crippen molar-refractivity contribution >= 4 is 34.6 Å². The molecule has 20 heteroatoms. The van der Waals surface area contributed by atoms with Crippen molar-refractivity contribution in [3.63, 3.8) is 0 Å². The molecule has 64 heavy (non-hydrogen) atoms. The molecular formula is C44H46F6N4O10. The predicted molar refractivity (Wildman–Crippen MR) is 223 cm³/mol. The first-order chi connectivity index (χ1) is 30.3. The first-order valence-corrected chi connectivity index (χ1v) is 19.7. The molecule has 14 nitrogen and oxygen atoms in total. The first kappa shape index (κ1) is 50.0. The number of nitrogens with one attached hydrogen (secondary N) is 3. The topological polar surface area (TPSA) is 211 Å². The number of phenols is 1. The van der Waals surface area contributed by atoms with E-state index in [0.29, 0.717) is 36.2 Å². The molecule has 4 aromatic carbocycles. The number of piperidine rings is 1. The summed E-state index contributed by atoms with van der Waals surface area (Å²) < 4.78 is 75.2. The lowest BCUT2D eigenvalue weighted by Crippen LogP contribution is -2.39. The van der Waals surface area contributed by atoms with Crippen LogP contribution in [0.15, 0.2) is 108 Å². The van der Waals surface area contributed by atoms with E-state index in [4.69, 9.17) is 29.3 Å². The lowest BCUT2D eigenvalue weighted by atomic mass is 10.0. The molecule has 0 saturated carbocycles. The van der Waals surface area contributed by atoms with E-state index in [0.717, 1.165) is 73.4 Å². The number of likely N-dealkylation sites (tertiary alicyclic amines) is 1. The van der Waals surface area contributed by atoms with Crippen molar-refractivity contribution in [1.82, 2.24) is 15.2 Å². The molecule has 1 aromatic heterocycles. The third kappa shape index (κ3) is 16.2. The van der Waals surface area contributed by atoms with E-state index in [9.17, 15) is 46.1 Å². The van der Waals surface area contributed by atoms with Gasteiger partial charge in [-0.15, -0.1) is 0 Å². The SMILES string of the molecule is O=C(Nc1ccccc1-c1ccccc1)OC1CCN(CCCOc2ccc(CCNC[C@H](O)c3ccc(O)c4[nH]c(=O)ccc34)cc2)CC1.O=C(O)C(F)(F)F.O=C(O)C(F)(F)F. The number of hydrogen-bond acceptors (Lipinski definition) is 10. The van der Waals surface area contributed by atoms with E-state index in [1.54, 1.807) is 12.1 Å². The van der Waals surface area contributed by atoms with Crippen LogP contribution in [0.25, 0.3) is 22.0 Å². The predicted octanol–water partition coefficient (Wildman–Crippen LogP) is 7.52. The number of amides is 1. The number of H-pyrrole nitrogens is 1. The Kier molecular flexibility index (Phi) is 18.5. The van der Waals surface area contributed by atoms with Crippen LogP contribution in [0.1, 0.15) is 36.5 Å². The smallest absolute Gasteiger partial charge is 0.490 e. The molecule has 0 spiro atoms. The van der Waals surface area contributed by atoms with Gasteiger partial charge in [0.15, 0.2) is 0 Å². The number of aliphatic hydroxyl groups is 1. The molecule has 344 valence electrons. The Morgan fingerprint density at radius 2 is 1.42 bits per heavy atom. The minimum atomic E-state index is -5.08. The summed E-state index contributed by atoms with van der Waals surface area (Å²) in [4.78, 5) is 47.2. The van der Waals surface area contributed by atoms with Gasteiger partial charge in [-0.25, -0.2) is 14.4 Å². The van der Waals surface area contributed by atoms with E-state index >= 15 is 0 Å². The number of fused-ring (bicyclic) bond motifs is 1. The highest BCUT2D eigenvalue weighted by molar-refractivity contribution is 5.91. The summed E-state index contributed by atoms with van der Waals surface area (Å²) in [6.07, 6.45) is -8.17. The van der Waals surface area contributed by atoms with Crippen LogP contribution in [-0.4, -0.2) is 106 Å². The number of para-hydroxylation sites is 1. The first-order valence-electron chi connectivity index (χ1n) is 19.7. The molecule has 0 radical (unpaired) electrons. The van der Waals surface area contributed by atoms with Crippen LogP contribution >= 0.6 is 0 Å². The van der Waals surface area contributed by atoms with E-state index in [2.05, 4.69) is 32.7 Å². The normalized spacial score (nSPS) is 13.7. The van der Waals surface area contributed by atoms with E-state index in [1.165, 1.54) is 12.1 Å². The van der Waals surface area contributed by atoms with E-state index in [1.807, 2.05) is 66.7 Å². The van der Waals surface area contributed by atoms with Gasteiger partial charge in [-0.2, -0.15) is 26.3 Å². The number of aromatic amines is 1. The number of ether oxygens (including phenoxy) is 2. The molecule has 2 heterocycles. The summed E-state index contributed by atoms with van der Waals surface area (Å²) in [7, 11) is 0. The monoisotopic (exact) mass is 904 g/mol. The number of aromatic hydroxyl groups is 1. The quantitative estimate of drug-likeness (QED) is 0.0427. The van der Waals surface area contributed by atoms with Crippen molar-refractivity contribution in [1.29, 1.82) is 0 Å². The van der Waals surface area contributed by atoms with Gasteiger partial charge in [0.2, 0.25) is 5.56 Å². The van der Waals surface area contributed by atoms with E-state index < -0.39 is 36.5 Å². The van der Waals surface area contributed by atoms with Crippen LogP contribution in [0.4, 0.5) is 36.8 Å². The number of anilines is 1. The van der Waals surface area contributed by atoms with Crippen LogP contribution in [0.2, 0.25) is 0 Å². The minimum absolute atomic E-state index is 0.0263. The van der Waals surface area contributed by atoms with Gasteiger partial charge in [0.25, 0.3) is 0 Å². The summed E-state index contributed by atoms with van der Waals surface area (Å²) in [5.74, 6) is -4.71. The third-order valence-corrected chi connectivity index (χ3v) is 9.55. The maximum atomic E-state index is 12.7. The Bertz CT molecular complexity index is 2310. The maximum absolute atomic E-state index is 12.7. The fraction of sp³-hybridized carbons (Fsp3) is 0.318. The van der Waals surface area contributed by atoms with Crippen molar-refractivity contribution in [2.75, 3.05) is 44.6 Å². The van der Waals surface area contributed by atoms with Gasteiger partial charge in [0, 0.05) is 43.2 Å². The van der Waals surface area contributed by atoms with Crippen molar-refractivity contribution in [2.24, 2.45) is 0 Å². The molecule has 5 aromatic rings. The Balaban J connectivity index is 0.000000555. The number of carboxylic acid groups (broad SMARTS) is 2. The molecule has 1 atom stereocenters. The Morgan fingerprint density at radius 1 is 0.812 bits per heavy atom. The molecule has 6 rings (SSSR count). The largest absolute Gasteiger partial charge is 0.506 e. The van der Waals surface area contributed by atoms with Crippen LogP contribution in [-0.2, 0) is 20.7 Å². The second kappa shape index (κ2) is 23.7. The van der Waals surface area contributed by atoms with Crippen LogP contribution in [0, 0.1) is 0 Å². The lowest BCUT2D eigenvalue weighted by molar-refractivity contribution is -0.193. The molecule has 0 aliphatic carbocycles. The molecule has 0 bridgehead atoms. The number of nitrogens with zero attached hydrogens (tertiary/aromatic N) is 1. The summed E-state index contributed by atoms with van der Waals surface area (Å²) in [6.45, 7) is 4.33. The van der Waals surface area contributed by atoms with Crippen molar-refractivity contribution < 1.29 is 70.6 Å². The molecule has 1 aliphatic heterocycles. The van der Waals surface area contributed by atoms with Crippen molar-refractivity contribution in [2.45, 2.75) is 50.2 Å². The number of pyridine rings is 1.